The zero-order chi connectivity index (χ0) is 15.4. The van der Waals surface area contributed by atoms with E-state index in [-0.39, 0.29) is 6.04 Å². The molecule has 21 heavy (non-hydrogen) atoms. The van der Waals surface area contributed by atoms with Crippen molar-refractivity contribution >= 4 is 23.2 Å². The van der Waals surface area contributed by atoms with Crippen LogP contribution in [0.2, 0.25) is 10.0 Å². The van der Waals surface area contributed by atoms with Gasteiger partial charge in [-0.3, -0.25) is 9.67 Å². The van der Waals surface area contributed by atoms with E-state index in [1.807, 2.05) is 11.7 Å². The van der Waals surface area contributed by atoms with E-state index in [9.17, 15) is 0 Å². The molecule has 0 aliphatic heterocycles. The number of nitrogens with one attached hydrogen (secondary N) is 1. The van der Waals surface area contributed by atoms with Gasteiger partial charge in [-0.25, -0.2) is 0 Å². The highest BCUT2D eigenvalue weighted by molar-refractivity contribution is 6.34. The highest BCUT2D eigenvalue weighted by Gasteiger charge is 2.25. The predicted molar refractivity (Wildman–Crippen MR) is 84.2 cm³/mol. The summed E-state index contributed by atoms with van der Waals surface area (Å²) in [4.78, 5) is 4.36. The van der Waals surface area contributed by atoms with Crippen LogP contribution in [-0.2, 0) is 6.54 Å². The van der Waals surface area contributed by atoms with Crippen molar-refractivity contribution in [2.24, 2.45) is 0 Å². The van der Waals surface area contributed by atoms with Crippen LogP contribution in [0.5, 0.6) is 5.75 Å². The summed E-state index contributed by atoms with van der Waals surface area (Å²) in [5, 5.41) is 8.61. The average Bonchev–Trinajstić information content (AvgIpc) is 2.85. The minimum absolute atomic E-state index is 0.223. The summed E-state index contributed by atoms with van der Waals surface area (Å²) in [5.41, 5.74) is 1.60. The molecule has 0 bridgehead atoms. The number of aryl methyl sites for hydroxylation is 1. The first-order chi connectivity index (χ1) is 10.1. The Labute approximate surface area is 134 Å². The molecule has 0 aliphatic carbocycles. The molecule has 0 aromatic carbocycles. The number of nitrogens with zero attached hydrogens (tertiary/aromatic N) is 3. The molecule has 114 valence electrons. The molecule has 2 rings (SSSR count). The maximum absolute atomic E-state index is 6.29. The summed E-state index contributed by atoms with van der Waals surface area (Å²) in [7, 11) is 3.47. The lowest BCUT2D eigenvalue weighted by Gasteiger charge is -2.19. The van der Waals surface area contributed by atoms with Crippen LogP contribution in [0.25, 0.3) is 0 Å². The van der Waals surface area contributed by atoms with Crippen LogP contribution in [0.4, 0.5) is 0 Å². The Morgan fingerprint density at radius 1 is 1.38 bits per heavy atom. The summed E-state index contributed by atoms with van der Waals surface area (Å²) in [6, 6.07) is 1.46. The molecule has 0 saturated carbocycles. The Morgan fingerprint density at radius 3 is 2.71 bits per heavy atom. The van der Waals surface area contributed by atoms with E-state index >= 15 is 0 Å². The molecular formula is C14H18Cl2N4O. The van der Waals surface area contributed by atoms with E-state index in [1.165, 1.54) is 0 Å². The Balaban J connectivity index is 2.52. The molecule has 0 radical (unpaired) electrons. The van der Waals surface area contributed by atoms with Gasteiger partial charge in [-0.15, -0.1) is 0 Å². The van der Waals surface area contributed by atoms with Crippen molar-refractivity contribution in [1.82, 2.24) is 20.1 Å². The quantitative estimate of drug-likeness (QED) is 0.883. The summed E-state index contributed by atoms with van der Waals surface area (Å²) in [6.45, 7) is 2.89. The first-order valence-electron chi connectivity index (χ1n) is 6.70. The van der Waals surface area contributed by atoms with Crippen LogP contribution < -0.4 is 10.1 Å². The van der Waals surface area contributed by atoms with Crippen molar-refractivity contribution < 1.29 is 4.74 Å². The number of ether oxygens (including phenoxy) is 1. The topological polar surface area (TPSA) is 52.0 Å². The number of hydrogen-bond donors (Lipinski definition) is 1. The monoisotopic (exact) mass is 328 g/mol. The molecule has 0 aliphatic rings. The van der Waals surface area contributed by atoms with Crippen molar-refractivity contribution in [1.29, 1.82) is 0 Å². The SMILES string of the molecule is CCCn1ncc(OC)c1C(NC)c1ncc(Cl)cc1Cl. The smallest absolute Gasteiger partial charge is 0.161 e. The number of rotatable bonds is 6. The average molecular weight is 329 g/mol. The molecule has 0 fully saturated rings. The lowest BCUT2D eigenvalue weighted by atomic mass is 10.1. The zero-order valence-electron chi connectivity index (χ0n) is 12.2. The van der Waals surface area contributed by atoms with Crippen LogP contribution >= 0.6 is 23.2 Å². The third-order valence-corrected chi connectivity index (χ3v) is 3.68. The van der Waals surface area contributed by atoms with Crippen LogP contribution in [0.1, 0.15) is 30.8 Å². The molecule has 1 unspecified atom stereocenters. The minimum atomic E-state index is -0.223. The number of hydrogen-bond acceptors (Lipinski definition) is 4. The second kappa shape index (κ2) is 7.11. The lowest BCUT2D eigenvalue weighted by molar-refractivity contribution is 0.399. The van der Waals surface area contributed by atoms with Crippen molar-refractivity contribution in [2.45, 2.75) is 25.9 Å². The molecule has 1 N–H and O–H groups in total. The van der Waals surface area contributed by atoms with E-state index in [1.54, 1.807) is 25.6 Å². The Kier molecular flexibility index (Phi) is 5.45. The fourth-order valence-electron chi connectivity index (χ4n) is 2.26. The third kappa shape index (κ3) is 3.31. The first kappa shape index (κ1) is 16.1. The number of aromatic nitrogens is 3. The van der Waals surface area contributed by atoms with Gasteiger partial charge in [-0.2, -0.15) is 5.10 Å². The third-order valence-electron chi connectivity index (χ3n) is 3.17. The van der Waals surface area contributed by atoms with Gasteiger partial charge in [0, 0.05) is 12.7 Å². The minimum Gasteiger partial charge on any atom is -0.493 e. The summed E-state index contributed by atoms with van der Waals surface area (Å²) in [6.07, 6.45) is 4.26. The highest BCUT2D eigenvalue weighted by atomic mass is 35.5. The van der Waals surface area contributed by atoms with Gasteiger partial charge < -0.3 is 10.1 Å². The van der Waals surface area contributed by atoms with Crippen molar-refractivity contribution in [2.75, 3.05) is 14.2 Å². The summed E-state index contributed by atoms with van der Waals surface area (Å²) >= 11 is 12.2. The van der Waals surface area contributed by atoms with Crippen LogP contribution in [0.3, 0.4) is 0 Å². The fraction of sp³-hybridized carbons (Fsp3) is 0.429. The van der Waals surface area contributed by atoms with Crippen molar-refractivity contribution in [3.63, 3.8) is 0 Å². The molecule has 2 heterocycles. The molecule has 5 nitrogen and oxygen atoms in total. The maximum atomic E-state index is 6.29. The lowest BCUT2D eigenvalue weighted by Crippen LogP contribution is -2.23. The maximum Gasteiger partial charge on any atom is 0.161 e. The van der Waals surface area contributed by atoms with E-state index in [0.717, 1.165) is 18.7 Å². The van der Waals surface area contributed by atoms with Gasteiger partial charge in [0.15, 0.2) is 5.75 Å². The molecule has 0 amide bonds. The Morgan fingerprint density at radius 2 is 2.14 bits per heavy atom. The number of pyridine rings is 1. The molecular weight excluding hydrogens is 311 g/mol. The summed E-state index contributed by atoms with van der Waals surface area (Å²) < 4.78 is 7.33. The van der Waals surface area contributed by atoms with Crippen LogP contribution in [-0.4, -0.2) is 28.9 Å². The van der Waals surface area contributed by atoms with Gasteiger partial charge in [-0.1, -0.05) is 30.1 Å². The molecule has 2 aromatic heterocycles. The largest absolute Gasteiger partial charge is 0.493 e. The van der Waals surface area contributed by atoms with Gasteiger partial charge in [0.1, 0.15) is 5.69 Å². The first-order valence-corrected chi connectivity index (χ1v) is 7.45. The fourth-order valence-corrected chi connectivity index (χ4v) is 2.75. The van der Waals surface area contributed by atoms with Gasteiger partial charge in [0.25, 0.3) is 0 Å². The Bertz CT molecular complexity index is 615. The second-order valence-corrected chi connectivity index (χ2v) is 5.41. The summed E-state index contributed by atoms with van der Waals surface area (Å²) in [5.74, 6) is 0.704. The van der Waals surface area contributed by atoms with Crippen molar-refractivity contribution in [3.05, 3.63) is 39.9 Å². The van der Waals surface area contributed by atoms with E-state index in [2.05, 4.69) is 22.3 Å². The standard InChI is InChI=1S/C14H18Cl2N4O/c1-4-5-20-14(11(21-3)8-19-20)13(17-2)12-10(16)6-9(15)7-18-12/h6-8,13,17H,4-5H2,1-3H3. The normalized spacial score (nSPS) is 12.4. The number of halogens is 2. The van der Waals surface area contributed by atoms with Crippen molar-refractivity contribution in [3.8, 4) is 5.75 Å². The van der Waals surface area contributed by atoms with E-state index in [4.69, 9.17) is 27.9 Å². The zero-order valence-corrected chi connectivity index (χ0v) is 13.7. The van der Waals surface area contributed by atoms with Crippen LogP contribution in [0, 0.1) is 0 Å². The predicted octanol–water partition coefficient (Wildman–Crippen LogP) is 3.31. The molecule has 2 aromatic rings. The van der Waals surface area contributed by atoms with Gasteiger partial charge >= 0.3 is 0 Å². The van der Waals surface area contributed by atoms with Gasteiger partial charge in [0.05, 0.1) is 35.1 Å². The second-order valence-electron chi connectivity index (χ2n) is 4.56. The van der Waals surface area contributed by atoms with Gasteiger partial charge in [0.2, 0.25) is 0 Å². The Hall–Kier alpha value is -1.30. The molecule has 0 saturated heterocycles. The molecule has 0 spiro atoms. The number of methoxy groups -OCH3 is 1. The molecule has 1 atom stereocenters. The van der Waals surface area contributed by atoms with E-state index < -0.39 is 0 Å². The van der Waals surface area contributed by atoms with E-state index in [0.29, 0.717) is 21.5 Å². The van der Waals surface area contributed by atoms with Gasteiger partial charge in [-0.05, 0) is 19.5 Å². The molecule has 7 heteroatoms. The highest BCUT2D eigenvalue weighted by Crippen LogP contribution is 2.33. The van der Waals surface area contributed by atoms with Crippen LogP contribution in [0.15, 0.2) is 18.5 Å².